The third-order valence-electron chi connectivity index (χ3n) is 5.52. The Kier molecular flexibility index (Phi) is 6.70. The number of anilines is 1. The molecule has 3 heterocycles. The van der Waals surface area contributed by atoms with Crippen molar-refractivity contribution in [2.75, 3.05) is 25.0 Å². The van der Waals surface area contributed by atoms with Crippen LogP contribution in [0.2, 0.25) is 0 Å². The number of thiophene rings is 2. The number of hydrogen-bond acceptors (Lipinski definition) is 7. The number of β-amino-alcohol motifs (C(OH)–C–C–N with tert-alkyl or cyclic N) is 1. The molecule has 0 spiro atoms. The molecular formula is C22H23N3O4S2. The SMILES string of the molecule is N#Cc1c(NC(=O)/C=C/c2cccs2)sc2c1CCC(COC(=O)N1CCC(O)C1)C2. The summed E-state index contributed by atoms with van der Waals surface area (Å²) in [5, 5.41) is 24.6. The summed E-state index contributed by atoms with van der Waals surface area (Å²) in [7, 11) is 0. The molecule has 2 aliphatic rings. The molecule has 2 aromatic heterocycles. The molecule has 2 atom stereocenters. The average molecular weight is 458 g/mol. The number of nitrogens with one attached hydrogen (secondary N) is 1. The maximum absolute atomic E-state index is 12.3. The first kappa shape index (κ1) is 21.6. The number of aliphatic hydroxyl groups excluding tert-OH is 1. The van der Waals surface area contributed by atoms with E-state index in [0.29, 0.717) is 43.1 Å². The van der Waals surface area contributed by atoms with E-state index in [4.69, 9.17) is 4.74 Å². The van der Waals surface area contributed by atoms with Gasteiger partial charge in [0.05, 0.1) is 18.3 Å². The number of aliphatic hydroxyl groups is 1. The summed E-state index contributed by atoms with van der Waals surface area (Å²) in [6, 6.07) is 6.09. The summed E-state index contributed by atoms with van der Waals surface area (Å²) in [5.41, 5.74) is 1.54. The molecule has 2 aromatic rings. The number of hydrogen-bond donors (Lipinski definition) is 2. The Balaban J connectivity index is 1.36. The van der Waals surface area contributed by atoms with Crippen molar-refractivity contribution in [1.29, 1.82) is 5.26 Å². The molecule has 1 aliphatic heterocycles. The van der Waals surface area contributed by atoms with Gasteiger partial charge in [0.25, 0.3) is 0 Å². The second-order valence-corrected chi connectivity index (χ2v) is 9.82. The summed E-state index contributed by atoms with van der Waals surface area (Å²) in [4.78, 5) is 28.0. The maximum Gasteiger partial charge on any atom is 0.409 e. The fourth-order valence-corrected chi connectivity index (χ4v) is 5.82. The monoisotopic (exact) mass is 457 g/mol. The molecule has 7 nitrogen and oxygen atoms in total. The van der Waals surface area contributed by atoms with Gasteiger partial charge in [-0.25, -0.2) is 4.79 Å². The van der Waals surface area contributed by atoms with Gasteiger partial charge in [-0.1, -0.05) is 6.07 Å². The summed E-state index contributed by atoms with van der Waals surface area (Å²) in [6.45, 7) is 1.17. The van der Waals surface area contributed by atoms with E-state index in [1.165, 1.54) is 22.3 Å². The van der Waals surface area contributed by atoms with Crippen LogP contribution in [-0.2, 0) is 22.4 Å². The van der Waals surface area contributed by atoms with E-state index in [-0.39, 0.29) is 17.9 Å². The highest BCUT2D eigenvalue weighted by Crippen LogP contribution is 2.39. The Labute approximate surface area is 188 Å². The van der Waals surface area contributed by atoms with Gasteiger partial charge in [-0.3, -0.25) is 4.79 Å². The van der Waals surface area contributed by atoms with E-state index < -0.39 is 6.10 Å². The lowest BCUT2D eigenvalue weighted by Gasteiger charge is -2.23. The maximum atomic E-state index is 12.3. The van der Waals surface area contributed by atoms with Crippen molar-refractivity contribution in [3.8, 4) is 6.07 Å². The molecule has 1 aliphatic carbocycles. The van der Waals surface area contributed by atoms with E-state index in [1.54, 1.807) is 17.4 Å². The minimum Gasteiger partial charge on any atom is -0.449 e. The summed E-state index contributed by atoms with van der Waals surface area (Å²) in [6.07, 6.45) is 5.23. The van der Waals surface area contributed by atoms with Gasteiger partial charge in [0, 0.05) is 28.9 Å². The van der Waals surface area contributed by atoms with Crippen LogP contribution in [0.5, 0.6) is 0 Å². The van der Waals surface area contributed by atoms with Crippen LogP contribution >= 0.6 is 22.7 Å². The summed E-state index contributed by atoms with van der Waals surface area (Å²) >= 11 is 2.98. The number of likely N-dealkylation sites (tertiary alicyclic amines) is 1. The molecule has 0 bridgehead atoms. The van der Waals surface area contributed by atoms with Crippen molar-refractivity contribution >= 4 is 45.8 Å². The zero-order valence-electron chi connectivity index (χ0n) is 16.9. The Hall–Kier alpha value is -2.67. The highest BCUT2D eigenvalue weighted by molar-refractivity contribution is 7.16. The molecule has 2 N–H and O–H groups in total. The Morgan fingerprint density at radius 1 is 1.42 bits per heavy atom. The number of rotatable bonds is 5. The predicted molar refractivity (Wildman–Crippen MR) is 120 cm³/mol. The minimum atomic E-state index is -0.464. The van der Waals surface area contributed by atoms with Crippen LogP contribution in [0.15, 0.2) is 23.6 Å². The van der Waals surface area contributed by atoms with Crippen LogP contribution in [0.3, 0.4) is 0 Å². The van der Waals surface area contributed by atoms with Gasteiger partial charge in [-0.15, -0.1) is 22.7 Å². The van der Waals surface area contributed by atoms with E-state index in [9.17, 15) is 20.0 Å². The molecule has 31 heavy (non-hydrogen) atoms. The van der Waals surface area contributed by atoms with Gasteiger partial charge < -0.3 is 20.1 Å². The molecule has 0 aromatic carbocycles. The zero-order valence-corrected chi connectivity index (χ0v) is 18.5. The lowest BCUT2D eigenvalue weighted by atomic mass is 9.88. The molecule has 162 valence electrons. The van der Waals surface area contributed by atoms with Crippen LogP contribution in [0.1, 0.15) is 33.7 Å². The molecule has 0 radical (unpaired) electrons. The van der Waals surface area contributed by atoms with Crippen LogP contribution in [-0.4, -0.2) is 47.8 Å². The first-order chi connectivity index (χ1) is 15.0. The smallest absolute Gasteiger partial charge is 0.409 e. The molecule has 2 unspecified atom stereocenters. The Bertz CT molecular complexity index is 1020. The molecule has 4 rings (SSSR count). The standard InChI is InChI=1S/C22H23N3O4S2/c23-11-18-17-5-3-14(13-29-22(28)25-8-7-15(26)12-25)10-19(17)31-21(18)24-20(27)6-4-16-2-1-9-30-16/h1-2,4,6,9,14-15,26H,3,5,7-8,10,12-13H2,(H,24,27)/b6-4+. The van der Waals surface area contributed by atoms with E-state index >= 15 is 0 Å². The number of fused-ring (bicyclic) bond motifs is 1. The number of amides is 2. The van der Waals surface area contributed by atoms with Crippen molar-refractivity contribution in [2.24, 2.45) is 5.92 Å². The van der Waals surface area contributed by atoms with E-state index in [0.717, 1.165) is 28.2 Å². The fourth-order valence-electron chi connectivity index (χ4n) is 3.89. The molecule has 2 amide bonds. The second-order valence-electron chi connectivity index (χ2n) is 7.73. The topological polar surface area (TPSA) is 103 Å². The Morgan fingerprint density at radius 2 is 2.29 bits per heavy atom. The van der Waals surface area contributed by atoms with Crippen LogP contribution in [0.25, 0.3) is 6.08 Å². The van der Waals surface area contributed by atoms with Crippen molar-refractivity contribution in [1.82, 2.24) is 4.90 Å². The van der Waals surface area contributed by atoms with Gasteiger partial charge >= 0.3 is 6.09 Å². The number of nitriles is 1. The lowest BCUT2D eigenvalue weighted by molar-refractivity contribution is -0.111. The molecule has 9 heteroatoms. The third kappa shape index (κ3) is 5.15. The predicted octanol–water partition coefficient (Wildman–Crippen LogP) is 3.64. The molecular weight excluding hydrogens is 434 g/mol. The molecule has 1 fully saturated rings. The van der Waals surface area contributed by atoms with Crippen LogP contribution < -0.4 is 5.32 Å². The van der Waals surface area contributed by atoms with Gasteiger partial charge in [0.1, 0.15) is 11.1 Å². The number of carbonyl (C=O) groups is 2. The van der Waals surface area contributed by atoms with Gasteiger partial charge in [0.2, 0.25) is 5.91 Å². The average Bonchev–Trinajstić information content (AvgIpc) is 3.50. The molecule has 0 saturated carbocycles. The van der Waals surface area contributed by atoms with Gasteiger partial charge in [-0.2, -0.15) is 5.26 Å². The largest absolute Gasteiger partial charge is 0.449 e. The normalized spacial score (nSPS) is 20.5. The summed E-state index contributed by atoms with van der Waals surface area (Å²) < 4.78 is 5.46. The third-order valence-corrected chi connectivity index (χ3v) is 7.53. The number of carbonyl (C=O) groups excluding carboxylic acids is 2. The lowest BCUT2D eigenvalue weighted by Crippen LogP contribution is -2.32. The van der Waals surface area contributed by atoms with Crippen molar-refractivity contribution in [2.45, 2.75) is 31.8 Å². The van der Waals surface area contributed by atoms with Crippen LogP contribution in [0, 0.1) is 17.2 Å². The van der Waals surface area contributed by atoms with Crippen molar-refractivity contribution < 1.29 is 19.4 Å². The highest BCUT2D eigenvalue weighted by atomic mass is 32.1. The second kappa shape index (κ2) is 9.64. The molecule has 1 saturated heterocycles. The highest BCUT2D eigenvalue weighted by Gasteiger charge is 2.29. The Morgan fingerprint density at radius 3 is 3.00 bits per heavy atom. The minimum absolute atomic E-state index is 0.177. The number of nitrogens with zero attached hydrogens (tertiary/aromatic N) is 2. The van der Waals surface area contributed by atoms with Crippen LogP contribution in [0.4, 0.5) is 9.80 Å². The van der Waals surface area contributed by atoms with Crippen molar-refractivity contribution in [3.05, 3.63) is 44.5 Å². The quantitative estimate of drug-likeness (QED) is 0.668. The zero-order chi connectivity index (χ0) is 21.8. The number of ether oxygens (including phenoxy) is 1. The summed E-state index contributed by atoms with van der Waals surface area (Å²) in [5.74, 6) is -0.0850. The van der Waals surface area contributed by atoms with E-state index in [1.807, 2.05) is 17.5 Å². The fraction of sp³-hybridized carbons (Fsp3) is 0.409. The van der Waals surface area contributed by atoms with E-state index in [2.05, 4.69) is 11.4 Å². The van der Waals surface area contributed by atoms with Gasteiger partial charge in [-0.05, 0) is 54.7 Å². The van der Waals surface area contributed by atoms with Crippen molar-refractivity contribution in [3.63, 3.8) is 0 Å². The first-order valence-electron chi connectivity index (χ1n) is 10.2. The van der Waals surface area contributed by atoms with Gasteiger partial charge in [0.15, 0.2) is 0 Å². The first-order valence-corrected chi connectivity index (χ1v) is 11.9.